The van der Waals surface area contributed by atoms with Crippen molar-refractivity contribution in [1.29, 1.82) is 0 Å². The van der Waals surface area contributed by atoms with Gasteiger partial charge in [-0.2, -0.15) is 0 Å². The van der Waals surface area contributed by atoms with Crippen LogP contribution in [0.4, 0.5) is 0 Å². The molecule has 0 aliphatic rings. The number of hydrogen-bond acceptors (Lipinski definition) is 2. The Labute approximate surface area is 164 Å². The fourth-order valence-corrected chi connectivity index (χ4v) is 4.38. The number of nitrogens with one attached hydrogen (secondary N) is 1. The first-order chi connectivity index (χ1) is 12.6. The lowest BCUT2D eigenvalue weighted by Crippen LogP contribution is -2.31. The molecule has 2 aromatic carbocycles. The molecule has 0 spiro atoms. The zero-order valence-corrected chi connectivity index (χ0v) is 16.5. The van der Waals surface area contributed by atoms with Gasteiger partial charge in [0.15, 0.2) is 0 Å². The van der Waals surface area contributed by atoms with Crippen LogP contribution in [0.2, 0.25) is 0 Å². The summed E-state index contributed by atoms with van der Waals surface area (Å²) in [5, 5.41) is 3.19. The van der Waals surface area contributed by atoms with Gasteiger partial charge in [0.25, 0.3) is 5.91 Å². The van der Waals surface area contributed by atoms with Crippen molar-refractivity contribution < 1.29 is 4.79 Å². The Balaban J connectivity index is 1.79. The van der Waals surface area contributed by atoms with Crippen LogP contribution in [-0.4, -0.2) is 22.8 Å². The van der Waals surface area contributed by atoms with E-state index in [0.717, 1.165) is 25.8 Å². The van der Waals surface area contributed by atoms with E-state index in [1.165, 1.54) is 0 Å². The van der Waals surface area contributed by atoms with Crippen molar-refractivity contribution in [3.8, 4) is 0 Å². The molecular weight excluding hydrogens is 408 g/mol. The van der Waals surface area contributed by atoms with E-state index in [9.17, 15) is 4.79 Å². The molecule has 4 rings (SSSR count). The van der Waals surface area contributed by atoms with Crippen LogP contribution < -0.4 is 0 Å². The van der Waals surface area contributed by atoms with Crippen LogP contribution in [0.25, 0.3) is 10.9 Å². The molecule has 1 atom stereocenters. The van der Waals surface area contributed by atoms with Gasteiger partial charge in [-0.05, 0) is 41.8 Å². The molecule has 2 heterocycles. The van der Waals surface area contributed by atoms with E-state index < -0.39 is 0 Å². The number of para-hydroxylation sites is 1. The predicted octanol–water partition coefficient (Wildman–Crippen LogP) is 5.85. The van der Waals surface area contributed by atoms with Crippen LogP contribution in [0.5, 0.6) is 0 Å². The van der Waals surface area contributed by atoms with Gasteiger partial charge in [-0.15, -0.1) is 11.3 Å². The standard InChI is InChI=1S/C21H17BrN2OS/c1-24(21(25)14-8-10-15(22)11-9-14)20(19-7-4-12-26-19)17-13-23-18-6-3-2-5-16(17)18/h2-13,20,23H,1H3. The topological polar surface area (TPSA) is 36.1 Å². The highest BCUT2D eigenvalue weighted by molar-refractivity contribution is 9.10. The fourth-order valence-electron chi connectivity index (χ4n) is 3.23. The molecule has 2 aromatic heterocycles. The highest BCUT2D eigenvalue weighted by Crippen LogP contribution is 2.36. The number of H-pyrrole nitrogens is 1. The number of halogens is 1. The van der Waals surface area contributed by atoms with Crippen LogP contribution in [0.1, 0.15) is 26.8 Å². The van der Waals surface area contributed by atoms with Crippen molar-refractivity contribution in [2.45, 2.75) is 6.04 Å². The van der Waals surface area contributed by atoms with Gasteiger partial charge in [-0.25, -0.2) is 0 Å². The number of carbonyl (C=O) groups is 1. The van der Waals surface area contributed by atoms with Crippen molar-refractivity contribution in [3.63, 3.8) is 0 Å². The molecule has 0 saturated heterocycles. The van der Waals surface area contributed by atoms with Crippen LogP contribution >= 0.6 is 27.3 Å². The van der Waals surface area contributed by atoms with Gasteiger partial charge in [0, 0.05) is 44.6 Å². The van der Waals surface area contributed by atoms with Crippen molar-refractivity contribution in [3.05, 3.63) is 92.7 Å². The smallest absolute Gasteiger partial charge is 0.254 e. The molecular formula is C21H17BrN2OS. The Morgan fingerprint density at radius 1 is 1.08 bits per heavy atom. The maximum atomic E-state index is 13.1. The molecule has 0 radical (unpaired) electrons. The summed E-state index contributed by atoms with van der Waals surface area (Å²) >= 11 is 5.09. The Morgan fingerprint density at radius 3 is 2.58 bits per heavy atom. The van der Waals surface area contributed by atoms with Gasteiger partial charge in [-0.1, -0.05) is 40.2 Å². The van der Waals surface area contributed by atoms with E-state index in [2.05, 4.69) is 44.5 Å². The van der Waals surface area contributed by atoms with E-state index in [1.54, 1.807) is 11.3 Å². The van der Waals surface area contributed by atoms with E-state index in [4.69, 9.17) is 0 Å². The summed E-state index contributed by atoms with van der Waals surface area (Å²) in [5.74, 6) is 0.00109. The second-order valence-corrected chi connectivity index (χ2v) is 8.03. The molecule has 0 aliphatic carbocycles. The Morgan fingerprint density at radius 2 is 1.85 bits per heavy atom. The summed E-state index contributed by atoms with van der Waals surface area (Å²) in [6.45, 7) is 0. The number of nitrogens with zero attached hydrogens (tertiary/aromatic N) is 1. The summed E-state index contributed by atoms with van der Waals surface area (Å²) in [4.78, 5) is 19.4. The van der Waals surface area contributed by atoms with Gasteiger partial charge >= 0.3 is 0 Å². The van der Waals surface area contributed by atoms with Crippen LogP contribution in [0.15, 0.2) is 76.7 Å². The summed E-state index contributed by atoms with van der Waals surface area (Å²) in [7, 11) is 1.87. The zero-order chi connectivity index (χ0) is 18.1. The molecule has 26 heavy (non-hydrogen) atoms. The van der Waals surface area contributed by atoms with E-state index in [0.29, 0.717) is 5.56 Å². The molecule has 0 bridgehead atoms. The molecule has 0 saturated carbocycles. The quantitative estimate of drug-likeness (QED) is 0.437. The average Bonchev–Trinajstić information content (AvgIpc) is 3.33. The number of hydrogen-bond donors (Lipinski definition) is 1. The number of aromatic nitrogens is 1. The third-order valence-electron chi connectivity index (χ3n) is 4.53. The number of carbonyl (C=O) groups excluding carboxylic acids is 1. The minimum Gasteiger partial charge on any atom is -0.361 e. The van der Waals surface area contributed by atoms with Gasteiger partial charge in [0.05, 0.1) is 6.04 Å². The van der Waals surface area contributed by atoms with Crippen molar-refractivity contribution in [2.75, 3.05) is 7.05 Å². The van der Waals surface area contributed by atoms with E-state index in [-0.39, 0.29) is 11.9 Å². The molecule has 0 aliphatic heterocycles. The monoisotopic (exact) mass is 424 g/mol. The third-order valence-corrected chi connectivity index (χ3v) is 5.98. The maximum absolute atomic E-state index is 13.1. The zero-order valence-electron chi connectivity index (χ0n) is 14.1. The Kier molecular flexibility index (Phi) is 4.66. The minimum atomic E-state index is -0.137. The fraction of sp³-hybridized carbons (Fsp3) is 0.0952. The maximum Gasteiger partial charge on any atom is 0.254 e. The number of fused-ring (bicyclic) bond motifs is 1. The van der Waals surface area contributed by atoms with Crippen molar-refractivity contribution >= 4 is 44.1 Å². The normalized spacial score (nSPS) is 12.2. The van der Waals surface area contributed by atoms with Crippen LogP contribution in [0.3, 0.4) is 0 Å². The lowest BCUT2D eigenvalue weighted by molar-refractivity contribution is 0.0758. The molecule has 5 heteroatoms. The van der Waals surface area contributed by atoms with E-state index >= 15 is 0 Å². The lowest BCUT2D eigenvalue weighted by Gasteiger charge is -2.27. The summed E-state index contributed by atoms with van der Waals surface area (Å²) in [6, 6.07) is 19.7. The summed E-state index contributed by atoms with van der Waals surface area (Å²) in [6.07, 6.45) is 2.01. The summed E-state index contributed by atoms with van der Waals surface area (Å²) < 4.78 is 0.961. The van der Waals surface area contributed by atoms with Gasteiger partial charge in [0.2, 0.25) is 0 Å². The molecule has 0 fully saturated rings. The largest absolute Gasteiger partial charge is 0.361 e. The molecule has 1 N–H and O–H groups in total. The number of rotatable bonds is 4. The van der Waals surface area contributed by atoms with Crippen molar-refractivity contribution in [1.82, 2.24) is 9.88 Å². The number of aromatic amines is 1. The second kappa shape index (κ2) is 7.09. The molecule has 1 amide bonds. The third kappa shape index (κ3) is 3.08. The minimum absolute atomic E-state index is 0.00109. The highest BCUT2D eigenvalue weighted by Gasteiger charge is 2.27. The first kappa shape index (κ1) is 17.1. The SMILES string of the molecule is CN(C(=O)c1ccc(Br)cc1)C(c1cccs1)c1c[nH]c2ccccc12. The number of amides is 1. The lowest BCUT2D eigenvalue weighted by atomic mass is 10.0. The number of thiophene rings is 1. The Bertz CT molecular complexity index is 1040. The average molecular weight is 425 g/mol. The van der Waals surface area contributed by atoms with Gasteiger partial charge < -0.3 is 9.88 Å². The first-order valence-electron chi connectivity index (χ1n) is 8.27. The summed E-state index contributed by atoms with van der Waals surface area (Å²) in [5.41, 5.74) is 2.86. The molecule has 4 aromatic rings. The highest BCUT2D eigenvalue weighted by atomic mass is 79.9. The Hall–Kier alpha value is -2.37. The first-order valence-corrected chi connectivity index (χ1v) is 9.94. The van der Waals surface area contributed by atoms with Gasteiger partial charge in [-0.3, -0.25) is 4.79 Å². The van der Waals surface area contributed by atoms with Gasteiger partial charge in [0.1, 0.15) is 0 Å². The van der Waals surface area contributed by atoms with E-state index in [1.807, 2.05) is 60.6 Å². The molecule has 3 nitrogen and oxygen atoms in total. The molecule has 1 unspecified atom stereocenters. The number of benzene rings is 2. The predicted molar refractivity (Wildman–Crippen MR) is 111 cm³/mol. The second-order valence-electron chi connectivity index (χ2n) is 6.13. The van der Waals surface area contributed by atoms with Crippen LogP contribution in [-0.2, 0) is 0 Å². The molecule has 130 valence electrons. The van der Waals surface area contributed by atoms with Crippen LogP contribution in [0, 0.1) is 0 Å². The van der Waals surface area contributed by atoms with Crippen molar-refractivity contribution in [2.24, 2.45) is 0 Å².